The minimum atomic E-state index is -0.389. The maximum atomic E-state index is 12.2. The van der Waals surface area contributed by atoms with Gasteiger partial charge in [0.15, 0.2) is 0 Å². The Balaban J connectivity index is 1.96. The zero-order valence-corrected chi connectivity index (χ0v) is 15.2. The molecule has 1 fully saturated rings. The predicted molar refractivity (Wildman–Crippen MR) is 95.1 cm³/mol. The number of hydrogen-bond acceptors (Lipinski definition) is 5. The lowest BCUT2D eigenvalue weighted by atomic mass is 10.1. The molecule has 0 unspecified atom stereocenters. The summed E-state index contributed by atoms with van der Waals surface area (Å²) in [5.74, 6) is -0.743. The van der Waals surface area contributed by atoms with Crippen LogP contribution in [0.4, 0.5) is 4.79 Å². The summed E-state index contributed by atoms with van der Waals surface area (Å²) in [6.45, 7) is 5.58. The fraction of sp³-hybridized carbons (Fsp3) is 0.412. The van der Waals surface area contributed by atoms with Crippen molar-refractivity contribution in [2.24, 2.45) is 0 Å². The van der Waals surface area contributed by atoms with Crippen LogP contribution in [0.1, 0.15) is 36.7 Å². The smallest absolute Gasteiger partial charge is 0.289 e. The Bertz CT molecular complexity index is 696. The van der Waals surface area contributed by atoms with Gasteiger partial charge in [-0.2, -0.15) is 0 Å². The minimum absolute atomic E-state index is 0.125. The van der Waals surface area contributed by atoms with Gasteiger partial charge in [-0.1, -0.05) is 23.9 Å². The van der Waals surface area contributed by atoms with Crippen molar-refractivity contribution in [1.29, 1.82) is 0 Å². The van der Waals surface area contributed by atoms with E-state index < -0.39 is 0 Å². The van der Waals surface area contributed by atoms with Crippen LogP contribution in [-0.2, 0) is 16.1 Å². The second-order valence-corrected chi connectivity index (χ2v) is 7.64. The molecule has 0 bridgehead atoms. The molecule has 1 aromatic rings. The Morgan fingerprint density at radius 3 is 2.56 bits per heavy atom. The Hall–Kier alpha value is -2.35. The number of amides is 4. The van der Waals surface area contributed by atoms with E-state index in [4.69, 9.17) is 0 Å². The summed E-state index contributed by atoms with van der Waals surface area (Å²) in [5.41, 5.74) is 0.679. The molecule has 25 heavy (non-hydrogen) atoms. The van der Waals surface area contributed by atoms with E-state index >= 15 is 0 Å². The zero-order chi connectivity index (χ0) is 18.6. The van der Waals surface area contributed by atoms with Crippen LogP contribution in [0, 0.1) is 0 Å². The van der Waals surface area contributed by atoms with Crippen molar-refractivity contribution in [3.8, 4) is 0 Å². The van der Waals surface area contributed by atoms with Gasteiger partial charge in [0.05, 0.1) is 18.8 Å². The van der Waals surface area contributed by atoms with Crippen LogP contribution in [0.3, 0.4) is 0 Å². The van der Waals surface area contributed by atoms with Crippen LogP contribution in [0.2, 0.25) is 0 Å². The lowest BCUT2D eigenvalue weighted by Gasteiger charge is -2.20. The zero-order valence-electron chi connectivity index (χ0n) is 14.4. The molecule has 1 heterocycles. The van der Waals surface area contributed by atoms with Crippen molar-refractivity contribution in [3.63, 3.8) is 0 Å². The molecule has 1 aliphatic rings. The number of nitrogens with zero attached hydrogens (tertiary/aromatic N) is 1. The molecular weight excluding hydrogens is 342 g/mol. The van der Waals surface area contributed by atoms with Gasteiger partial charge in [-0.25, -0.2) is 0 Å². The monoisotopic (exact) mass is 363 g/mol. The van der Waals surface area contributed by atoms with Gasteiger partial charge < -0.3 is 10.6 Å². The number of nitrogens with one attached hydrogen (secondary N) is 2. The number of hydrogen-bond donors (Lipinski definition) is 2. The summed E-state index contributed by atoms with van der Waals surface area (Å²) in [7, 11) is 0. The van der Waals surface area contributed by atoms with Crippen molar-refractivity contribution < 1.29 is 19.2 Å². The topological polar surface area (TPSA) is 95.6 Å². The highest BCUT2D eigenvalue weighted by Crippen LogP contribution is 2.21. The maximum absolute atomic E-state index is 12.2. The van der Waals surface area contributed by atoms with E-state index in [-0.39, 0.29) is 47.3 Å². The molecule has 2 N–H and O–H groups in total. The molecule has 0 saturated carbocycles. The van der Waals surface area contributed by atoms with Gasteiger partial charge in [-0.15, -0.1) is 0 Å². The number of thioether (sulfide) groups is 1. The molecule has 1 saturated heterocycles. The van der Waals surface area contributed by atoms with Gasteiger partial charge in [-0.05, 0) is 38.5 Å². The molecule has 134 valence electrons. The normalized spacial score (nSPS) is 14.6. The summed E-state index contributed by atoms with van der Waals surface area (Å²) in [6.07, 6.45) is 0. The minimum Gasteiger partial charge on any atom is -0.350 e. The van der Waals surface area contributed by atoms with Crippen molar-refractivity contribution in [1.82, 2.24) is 15.5 Å². The third-order valence-corrected chi connectivity index (χ3v) is 4.15. The van der Waals surface area contributed by atoms with Gasteiger partial charge >= 0.3 is 0 Å². The average Bonchev–Trinajstić information content (AvgIpc) is 2.83. The van der Waals surface area contributed by atoms with Gasteiger partial charge in [0.2, 0.25) is 11.8 Å². The highest BCUT2D eigenvalue weighted by Gasteiger charge is 2.29. The largest absolute Gasteiger partial charge is 0.350 e. The molecule has 4 amide bonds. The van der Waals surface area contributed by atoms with Gasteiger partial charge in [0.25, 0.3) is 11.1 Å². The summed E-state index contributed by atoms with van der Waals surface area (Å²) >= 11 is 0.973. The second-order valence-electron chi connectivity index (χ2n) is 6.72. The van der Waals surface area contributed by atoms with Crippen LogP contribution in [0.25, 0.3) is 0 Å². The van der Waals surface area contributed by atoms with Crippen molar-refractivity contribution in [3.05, 3.63) is 35.4 Å². The molecule has 8 heteroatoms. The number of imide groups is 1. The molecule has 2 rings (SSSR count). The lowest BCUT2D eigenvalue weighted by molar-refractivity contribution is -0.125. The van der Waals surface area contributed by atoms with E-state index in [1.807, 2.05) is 20.8 Å². The van der Waals surface area contributed by atoms with Crippen molar-refractivity contribution >= 4 is 34.7 Å². The Morgan fingerprint density at radius 2 is 1.96 bits per heavy atom. The molecule has 7 nitrogen and oxygen atoms in total. The van der Waals surface area contributed by atoms with E-state index in [1.165, 1.54) is 4.90 Å². The maximum Gasteiger partial charge on any atom is 0.289 e. The van der Waals surface area contributed by atoms with Gasteiger partial charge in [-0.3, -0.25) is 24.1 Å². The first-order valence-corrected chi connectivity index (χ1v) is 8.79. The second kappa shape index (κ2) is 7.69. The quantitative estimate of drug-likeness (QED) is 0.827. The third-order valence-electron chi connectivity index (χ3n) is 3.29. The molecular formula is C17H21N3O4S. The molecule has 0 aromatic heterocycles. The number of benzene rings is 1. The fourth-order valence-electron chi connectivity index (χ4n) is 2.25. The van der Waals surface area contributed by atoms with Crippen LogP contribution in [-0.4, -0.2) is 45.7 Å². The predicted octanol–water partition coefficient (Wildman–Crippen LogP) is 1.53. The first kappa shape index (κ1) is 19.0. The molecule has 0 spiro atoms. The van der Waals surface area contributed by atoms with Crippen molar-refractivity contribution in [2.75, 3.05) is 12.3 Å². The Kier molecular flexibility index (Phi) is 5.84. The number of carbonyl (C=O) groups is 4. The van der Waals surface area contributed by atoms with E-state index in [0.717, 1.165) is 11.8 Å². The summed E-state index contributed by atoms with van der Waals surface area (Å²) in [5, 5.41) is 5.04. The highest BCUT2D eigenvalue weighted by atomic mass is 32.2. The van der Waals surface area contributed by atoms with Crippen LogP contribution >= 0.6 is 11.8 Å². The van der Waals surface area contributed by atoms with E-state index in [0.29, 0.717) is 11.1 Å². The summed E-state index contributed by atoms with van der Waals surface area (Å²) < 4.78 is 0. The molecule has 0 atom stereocenters. The first-order chi connectivity index (χ1) is 11.7. The van der Waals surface area contributed by atoms with Crippen molar-refractivity contribution in [2.45, 2.75) is 32.9 Å². The molecule has 1 aromatic carbocycles. The number of carbonyl (C=O) groups excluding carboxylic acids is 4. The highest BCUT2D eigenvalue weighted by molar-refractivity contribution is 8.14. The molecule has 0 aliphatic carbocycles. The standard InChI is InChI=1S/C17H21N3O4S/c1-17(2,3)19-13(21)8-18-15(23)12-6-4-5-11(7-12)9-20-14(22)10-25-16(20)24/h4-7H,8-10H2,1-3H3,(H,18,23)(H,19,21). The summed E-state index contributed by atoms with van der Waals surface area (Å²) in [4.78, 5) is 48.4. The molecule has 0 radical (unpaired) electrons. The Morgan fingerprint density at radius 1 is 1.24 bits per heavy atom. The molecule has 1 aliphatic heterocycles. The third kappa shape index (κ3) is 5.60. The first-order valence-electron chi connectivity index (χ1n) is 7.81. The van der Waals surface area contributed by atoms with E-state index in [9.17, 15) is 19.2 Å². The summed E-state index contributed by atoms with van der Waals surface area (Å²) in [6, 6.07) is 6.65. The van der Waals surface area contributed by atoms with E-state index in [1.54, 1.807) is 24.3 Å². The number of rotatable bonds is 5. The van der Waals surface area contributed by atoms with Crippen LogP contribution in [0.5, 0.6) is 0 Å². The van der Waals surface area contributed by atoms with Gasteiger partial charge in [0, 0.05) is 11.1 Å². The Labute approximate surface area is 150 Å². The lowest BCUT2D eigenvalue weighted by Crippen LogP contribution is -2.45. The van der Waals surface area contributed by atoms with Crippen LogP contribution in [0.15, 0.2) is 24.3 Å². The van der Waals surface area contributed by atoms with E-state index in [2.05, 4.69) is 10.6 Å². The van der Waals surface area contributed by atoms with Crippen LogP contribution < -0.4 is 10.6 Å². The fourth-order valence-corrected chi connectivity index (χ4v) is 2.98. The SMILES string of the molecule is CC(C)(C)NC(=O)CNC(=O)c1cccc(CN2C(=O)CSC2=O)c1. The van der Waals surface area contributed by atoms with Gasteiger partial charge in [0.1, 0.15) is 0 Å². The average molecular weight is 363 g/mol.